The number of benzene rings is 1. The molecule has 3 aromatic rings. The van der Waals surface area contributed by atoms with Crippen LogP contribution in [-0.2, 0) is 20.3 Å². The number of methoxy groups -OCH3 is 1. The van der Waals surface area contributed by atoms with Crippen molar-refractivity contribution in [3.05, 3.63) is 41.7 Å². The van der Waals surface area contributed by atoms with Gasteiger partial charge in [0.2, 0.25) is 15.0 Å². The topological polar surface area (TPSA) is 103 Å². The number of pyridine rings is 1. The molecule has 164 valence electrons. The van der Waals surface area contributed by atoms with Gasteiger partial charge < -0.3 is 20.6 Å². The van der Waals surface area contributed by atoms with Crippen LogP contribution in [0.4, 0.5) is 8.78 Å². The SMILES string of the molecule is COCCCOc1ccnc(CS(=O)(=O)c2nc3ccc(OC(F)F)cc3[nH]2)c1C.[H-].[Na+]. The second-order valence-corrected chi connectivity index (χ2v) is 8.34. The summed E-state index contributed by atoms with van der Waals surface area (Å²) in [6.07, 6.45) is 2.18. The first-order valence-electron chi connectivity index (χ1n) is 9.03. The van der Waals surface area contributed by atoms with Crippen LogP contribution in [0.1, 0.15) is 19.1 Å². The summed E-state index contributed by atoms with van der Waals surface area (Å²) in [6.45, 7) is -0.263. The minimum absolute atomic E-state index is 0. The molecule has 2 aromatic heterocycles. The molecule has 0 bridgehead atoms. The van der Waals surface area contributed by atoms with Crippen molar-refractivity contribution in [1.29, 1.82) is 0 Å². The Labute approximate surface area is 202 Å². The summed E-state index contributed by atoms with van der Waals surface area (Å²) in [5.41, 5.74) is 1.53. The number of sulfone groups is 1. The fourth-order valence-electron chi connectivity index (χ4n) is 2.78. The molecule has 0 aliphatic rings. The van der Waals surface area contributed by atoms with Crippen LogP contribution in [0.2, 0.25) is 0 Å². The molecule has 0 aliphatic heterocycles. The molecular weight excluding hydrogens is 443 g/mol. The van der Waals surface area contributed by atoms with Crippen LogP contribution in [0.15, 0.2) is 35.6 Å². The van der Waals surface area contributed by atoms with Gasteiger partial charge in [0, 0.05) is 38.0 Å². The van der Waals surface area contributed by atoms with Crippen molar-refractivity contribution < 1.29 is 62.4 Å². The molecule has 0 saturated carbocycles. The Morgan fingerprint density at radius 2 is 2.00 bits per heavy atom. The Bertz CT molecular complexity index is 1130. The van der Waals surface area contributed by atoms with Gasteiger partial charge in [-0.2, -0.15) is 8.78 Å². The molecule has 2 heterocycles. The Morgan fingerprint density at radius 1 is 1.23 bits per heavy atom. The number of hydrogen-bond acceptors (Lipinski definition) is 7. The van der Waals surface area contributed by atoms with Gasteiger partial charge in [0.1, 0.15) is 17.3 Å². The van der Waals surface area contributed by atoms with Crippen LogP contribution >= 0.6 is 0 Å². The predicted molar refractivity (Wildman–Crippen MR) is 106 cm³/mol. The first kappa shape index (κ1) is 25.5. The van der Waals surface area contributed by atoms with Crippen molar-refractivity contribution in [2.75, 3.05) is 20.3 Å². The molecule has 0 saturated heterocycles. The molecule has 1 aromatic carbocycles. The molecule has 0 fully saturated rings. The number of rotatable bonds is 10. The largest absolute Gasteiger partial charge is 1.00 e. The third-order valence-electron chi connectivity index (χ3n) is 4.29. The van der Waals surface area contributed by atoms with Gasteiger partial charge in [-0.15, -0.1) is 0 Å². The van der Waals surface area contributed by atoms with Crippen LogP contribution in [0.5, 0.6) is 11.5 Å². The van der Waals surface area contributed by atoms with E-state index < -0.39 is 22.2 Å². The molecule has 0 spiro atoms. The van der Waals surface area contributed by atoms with Gasteiger partial charge in [0.15, 0.2) is 0 Å². The Hall–Kier alpha value is -1.79. The molecule has 3 rings (SSSR count). The molecule has 0 amide bonds. The second-order valence-electron chi connectivity index (χ2n) is 6.43. The van der Waals surface area contributed by atoms with E-state index in [0.717, 1.165) is 0 Å². The number of halogens is 2. The number of H-pyrrole nitrogens is 1. The standard InChI is InChI=1S/C19H21F2N3O5S.Na.H/c1-12-16(22-7-6-17(12)28-9-3-8-27-2)11-30(25,26)19-23-14-5-4-13(29-18(20)21)10-15(14)24-19;;/h4-7,10,18H,3,8-9,11H2,1-2H3,(H,23,24);;/q;+1;-1. The summed E-state index contributed by atoms with van der Waals surface area (Å²) >= 11 is 0. The number of hydrogen-bond donors (Lipinski definition) is 1. The number of nitrogens with zero attached hydrogens (tertiary/aromatic N) is 2. The number of fused-ring (bicyclic) bond motifs is 1. The third kappa shape index (κ3) is 6.59. The van der Waals surface area contributed by atoms with Gasteiger partial charge in [0.25, 0.3) is 0 Å². The van der Waals surface area contributed by atoms with E-state index in [1.807, 2.05) is 0 Å². The second kappa shape index (κ2) is 11.2. The first-order valence-corrected chi connectivity index (χ1v) is 10.7. The van der Waals surface area contributed by atoms with Crippen molar-refractivity contribution >= 4 is 20.9 Å². The monoisotopic (exact) mass is 465 g/mol. The first-order chi connectivity index (χ1) is 14.3. The summed E-state index contributed by atoms with van der Waals surface area (Å²) in [4.78, 5) is 10.9. The van der Waals surface area contributed by atoms with E-state index in [1.165, 1.54) is 24.4 Å². The van der Waals surface area contributed by atoms with Gasteiger partial charge >= 0.3 is 36.2 Å². The average molecular weight is 465 g/mol. The normalized spacial score (nSPS) is 11.5. The maximum absolute atomic E-state index is 12.9. The number of alkyl halides is 2. The zero-order valence-corrected chi connectivity index (χ0v) is 20.2. The van der Waals surface area contributed by atoms with Crippen molar-refractivity contribution in [2.45, 2.75) is 30.9 Å². The van der Waals surface area contributed by atoms with E-state index in [1.54, 1.807) is 20.1 Å². The minimum atomic E-state index is -3.87. The van der Waals surface area contributed by atoms with Crippen molar-refractivity contribution in [3.8, 4) is 11.5 Å². The number of imidazole rings is 1. The van der Waals surface area contributed by atoms with E-state index in [0.29, 0.717) is 42.2 Å². The van der Waals surface area contributed by atoms with E-state index >= 15 is 0 Å². The molecule has 8 nitrogen and oxygen atoms in total. The van der Waals surface area contributed by atoms with Crippen LogP contribution < -0.4 is 39.0 Å². The Balaban J connectivity index is 0.00000256. The van der Waals surface area contributed by atoms with Crippen molar-refractivity contribution in [1.82, 2.24) is 15.0 Å². The van der Waals surface area contributed by atoms with Gasteiger partial charge in [-0.3, -0.25) is 4.98 Å². The zero-order chi connectivity index (χ0) is 21.7. The van der Waals surface area contributed by atoms with E-state index in [9.17, 15) is 17.2 Å². The molecule has 31 heavy (non-hydrogen) atoms. The molecule has 0 atom stereocenters. The number of nitrogens with one attached hydrogen (secondary N) is 1. The summed E-state index contributed by atoms with van der Waals surface area (Å²) < 4.78 is 65.4. The van der Waals surface area contributed by atoms with Gasteiger partial charge in [0.05, 0.1) is 23.3 Å². The quantitative estimate of drug-likeness (QED) is 0.341. The van der Waals surface area contributed by atoms with Crippen LogP contribution in [-0.4, -0.2) is 50.3 Å². The van der Waals surface area contributed by atoms with E-state index in [2.05, 4.69) is 19.7 Å². The molecule has 0 unspecified atom stereocenters. The summed E-state index contributed by atoms with van der Waals surface area (Å²) in [6, 6.07) is 5.64. The Morgan fingerprint density at radius 3 is 2.71 bits per heavy atom. The maximum Gasteiger partial charge on any atom is 1.00 e. The van der Waals surface area contributed by atoms with Crippen molar-refractivity contribution in [2.24, 2.45) is 0 Å². The average Bonchev–Trinajstić information content (AvgIpc) is 3.12. The predicted octanol–water partition coefficient (Wildman–Crippen LogP) is 0.373. The number of aromatic nitrogens is 3. The van der Waals surface area contributed by atoms with Crippen molar-refractivity contribution in [3.63, 3.8) is 0 Å². The van der Waals surface area contributed by atoms with Gasteiger partial charge in [-0.25, -0.2) is 13.4 Å². The smallest absolute Gasteiger partial charge is 1.00 e. The number of ether oxygens (including phenoxy) is 3. The fourth-order valence-corrected chi connectivity index (χ4v) is 4.07. The summed E-state index contributed by atoms with van der Waals surface area (Å²) in [5.74, 6) is 0.0551. The van der Waals surface area contributed by atoms with Crippen LogP contribution in [0.25, 0.3) is 11.0 Å². The number of aromatic amines is 1. The fraction of sp³-hybridized carbons (Fsp3) is 0.368. The summed E-state index contributed by atoms with van der Waals surface area (Å²) in [7, 11) is -2.27. The Kier molecular flexibility index (Phi) is 9.19. The zero-order valence-electron chi connectivity index (χ0n) is 18.4. The van der Waals surface area contributed by atoms with Crippen LogP contribution in [0.3, 0.4) is 0 Å². The molecule has 0 radical (unpaired) electrons. The maximum atomic E-state index is 12.9. The molecule has 12 heteroatoms. The van der Waals surface area contributed by atoms with E-state index in [-0.39, 0.29) is 47.4 Å². The van der Waals surface area contributed by atoms with Crippen LogP contribution in [0, 0.1) is 6.92 Å². The molecule has 0 aliphatic carbocycles. The third-order valence-corrected chi connectivity index (χ3v) is 5.72. The van der Waals surface area contributed by atoms with Gasteiger partial charge in [-0.05, 0) is 25.1 Å². The molecular formula is C19H22F2N3NaO5S. The molecule has 1 N–H and O–H groups in total. The van der Waals surface area contributed by atoms with E-state index in [4.69, 9.17) is 9.47 Å². The van der Waals surface area contributed by atoms with Gasteiger partial charge in [-0.1, -0.05) is 0 Å². The summed E-state index contributed by atoms with van der Waals surface area (Å²) in [5, 5.41) is -0.278. The minimum Gasteiger partial charge on any atom is -1.00 e.